The van der Waals surface area contributed by atoms with Gasteiger partial charge in [-0.3, -0.25) is 9.58 Å². The lowest BCUT2D eigenvalue weighted by Crippen LogP contribution is -2.30. The number of aryl methyl sites for hydroxylation is 1. The monoisotopic (exact) mass is 278 g/mol. The highest BCUT2D eigenvalue weighted by molar-refractivity contribution is 6.31. The first-order chi connectivity index (χ1) is 9.11. The van der Waals surface area contributed by atoms with E-state index in [2.05, 4.69) is 10.00 Å². The fraction of sp³-hybridized carbons (Fsp3) is 0.357. The third-order valence-electron chi connectivity index (χ3n) is 3.24. The third kappa shape index (κ3) is 3.35. The zero-order valence-electron chi connectivity index (χ0n) is 11.3. The molecular formula is C14H19ClN4. The largest absolute Gasteiger partial charge is 0.329 e. The molecule has 0 bridgehead atoms. The zero-order chi connectivity index (χ0) is 13.8. The number of likely N-dealkylation sites (N-methyl/N-ethyl adjacent to an activating group) is 1. The van der Waals surface area contributed by atoms with Gasteiger partial charge in [0.05, 0.1) is 12.2 Å². The molecule has 1 aromatic heterocycles. The standard InChI is InChI=1S/C14H19ClN4/c1-18(9-11-5-3-4-6-13(11)15)14(7-16)12-8-17-19(2)10-12/h3-6,8,10,14H,7,9,16H2,1-2H3. The van der Waals surface area contributed by atoms with Crippen molar-refractivity contribution in [1.29, 1.82) is 0 Å². The first kappa shape index (κ1) is 14.1. The van der Waals surface area contributed by atoms with Crippen LogP contribution >= 0.6 is 11.6 Å². The van der Waals surface area contributed by atoms with Gasteiger partial charge in [0.15, 0.2) is 0 Å². The van der Waals surface area contributed by atoms with Crippen LogP contribution in [0.1, 0.15) is 17.2 Å². The molecule has 0 radical (unpaired) electrons. The van der Waals surface area contributed by atoms with Crippen molar-refractivity contribution in [2.75, 3.05) is 13.6 Å². The molecule has 0 fully saturated rings. The van der Waals surface area contributed by atoms with Crippen LogP contribution in [0.4, 0.5) is 0 Å². The van der Waals surface area contributed by atoms with E-state index in [1.807, 2.05) is 50.8 Å². The van der Waals surface area contributed by atoms with Crippen molar-refractivity contribution in [2.24, 2.45) is 12.8 Å². The third-order valence-corrected chi connectivity index (χ3v) is 3.61. The molecule has 0 saturated heterocycles. The van der Waals surface area contributed by atoms with Crippen molar-refractivity contribution in [3.05, 3.63) is 52.8 Å². The van der Waals surface area contributed by atoms with Gasteiger partial charge in [-0.05, 0) is 18.7 Å². The quantitative estimate of drug-likeness (QED) is 0.912. The Kier molecular flexibility index (Phi) is 4.58. The Balaban J connectivity index is 2.13. The summed E-state index contributed by atoms with van der Waals surface area (Å²) in [5, 5.41) is 4.99. The van der Waals surface area contributed by atoms with Crippen LogP contribution in [0.25, 0.3) is 0 Å². The van der Waals surface area contributed by atoms with Gasteiger partial charge in [-0.15, -0.1) is 0 Å². The molecule has 19 heavy (non-hydrogen) atoms. The molecule has 1 heterocycles. The van der Waals surface area contributed by atoms with Crippen LogP contribution in [-0.2, 0) is 13.6 Å². The normalized spacial score (nSPS) is 12.9. The second-order valence-corrected chi connectivity index (χ2v) is 5.11. The molecule has 0 aliphatic heterocycles. The fourth-order valence-electron chi connectivity index (χ4n) is 2.19. The maximum Gasteiger partial charge on any atom is 0.0538 e. The summed E-state index contributed by atoms with van der Waals surface area (Å²) in [6.45, 7) is 1.31. The number of nitrogens with two attached hydrogens (primary N) is 1. The van der Waals surface area contributed by atoms with E-state index in [4.69, 9.17) is 17.3 Å². The number of benzene rings is 1. The highest BCUT2D eigenvalue weighted by atomic mass is 35.5. The molecule has 1 atom stereocenters. The average Bonchev–Trinajstić information content (AvgIpc) is 2.80. The van der Waals surface area contributed by atoms with Crippen molar-refractivity contribution in [3.8, 4) is 0 Å². The minimum atomic E-state index is 0.143. The molecule has 0 spiro atoms. The lowest BCUT2D eigenvalue weighted by Gasteiger charge is -2.26. The van der Waals surface area contributed by atoms with Gasteiger partial charge in [0.25, 0.3) is 0 Å². The summed E-state index contributed by atoms with van der Waals surface area (Å²) in [4.78, 5) is 2.19. The molecule has 102 valence electrons. The van der Waals surface area contributed by atoms with E-state index in [9.17, 15) is 0 Å². The van der Waals surface area contributed by atoms with Crippen LogP contribution in [0.15, 0.2) is 36.7 Å². The Hall–Kier alpha value is -1.36. The van der Waals surface area contributed by atoms with E-state index in [-0.39, 0.29) is 6.04 Å². The number of hydrogen-bond acceptors (Lipinski definition) is 3. The van der Waals surface area contributed by atoms with E-state index >= 15 is 0 Å². The van der Waals surface area contributed by atoms with Gasteiger partial charge < -0.3 is 5.73 Å². The van der Waals surface area contributed by atoms with E-state index < -0.39 is 0 Å². The van der Waals surface area contributed by atoms with E-state index in [1.54, 1.807) is 4.68 Å². The summed E-state index contributed by atoms with van der Waals surface area (Å²) >= 11 is 6.19. The summed E-state index contributed by atoms with van der Waals surface area (Å²) in [5.74, 6) is 0. The molecule has 0 aliphatic carbocycles. The predicted octanol–water partition coefficient (Wildman–Crippen LogP) is 2.21. The lowest BCUT2D eigenvalue weighted by molar-refractivity contribution is 0.242. The number of hydrogen-bond donors (Lipinski definition) is 1. The topological polar surface area (TPSA) is 47.1 Å². The van der Waals surface area contributed by atoms with Gasteiger partial charge in [-0.2, -0.15) is 5.10 Å². The van der Waals surface area contributed by atoms with E-state index in [1.165, 1.54) is 0 Å². The minimum Gasteiger partial charge on any atom is -0.329 e. The lowest BCUT2D eigenvalue weighted by atomic mass is 10.1. The Labute approximate surface area is 118 Å². The van der Waals surface area contributed by atoms with Crippen molar-refractivity contribution < 1.29 is 0 Å². The van der Waals surface area contributed by atoms with Crippen LogP contribution < -0.4 is 5.73 Å². The molecule has 5 heteroatoms. The summed E-state index contributed by atoms with van der Waals surface area (Å²) in [6, 6.07) is 8.02. The smallest absolute Gasteiger partial charge is 0.0538 e. The van der Waals surface area contributed by atoms with Crippen LogP contribution in [0.2, 0.25) is 5.02 Å². The Morgan fingerprint density at radius 3 is 2.74 bits per heavy atom. The average molecular weight is 279 g/mol. The Morgan fingerprint density at radius 2 is 2.16 bits per heavy atom. The number of rotatable bonds is 5. The van der Waals surface area contributed by atoms with Crippen LogP contribution in [0.5, 0.6) is 0 Å². The van der Waals surface area contributed by atoms with Gasteiger partial charge in [-0.25, -0.2) is 0 Å². The van der Waals surface area contributed by atoms with Crippen molar-refractivity contribution in [3.63, 3.8) is 0 Å². The fourth-order valence-corrected chi connectivity index (χ4v) is 2.38. The van der Waals surface area contributed by atoms with Crippen LogP contribution in [-0.4, -0.2) is 28.3 Å². The van der Waals surface area contributed by atoms with Crippen molar-refractivity contribution in [2.45, 2.75) is 12.6 Å². The molecule has 4 nitrogen and oxygen atoms in total. The highest BCUT2D eigenvalue weighted by Gasteiger charge is 2.17. The number of nitrogens with zero attached hydrogens (tertiary/aromatic N) is 3. The Morgan fingerprint density at radius 1 is 1.42 bits per heavy atom. The summed E-state index contributed by atoms with van der Waals surface area (Å²) in [5.41, 5.74) is 8.13. The van der Waals surface area contributed by atoms with Gasteiger partial charge in [-0.1, -0.05) is 29.8 Å². The molecule has 0 saturated carbocycles. The van der Waals surface area contributed by atoms with Gasteiger partial charge in [0, 0.05) is 36.9 Å². The van der Waals surface area contributed by atoms with E-state index in [0.717, 1.165) is 22.7 Å². The van der Waals surface area contributed by atoms with Gasteiger partial charge in [0.2, 0.25) is 0 Å². The minimum absolute atomic E-state index is 0.143. The molecule has 2 aromatic rings. The van der Waals surface area contributed by atoms with Crippen LogP contribution in [0.3, 0.4) is 0 Å². The Bertz CT molecular complexity index is 538. The van der Waals surface area contributed by atoms with Gasteiger partial charge in [0.1, 0.15) is 0 Å². The molecule has 2 rings (SSSR count). The second kappa shape index (κ2) is 6.19. The molecule has 2 N–H and O–H groups in total. The first-order valence-electron chi connectivity index (χ1n) is 6.24. The summed E-state index contributed by atoms with van der Waals surface area (Å²) in [7, 11) is 3.96. The van der Waals surface area contributed by atoms with Crippen molar-refractivity contribution in [1.82, 2.24) is 14.7 Å². The number of aromatic nitrogens is 2. The molecule has 0 amide bonds. The zero-order valence-corrected chi connectivity index (χ0v) is 12.0. The molecular weight excluding hydrogens is 260 g/mol. The molecule has 1 unspecified atom stereocenters. The van der Waals surface area contributed by atoms with Gasteiger partial charge >= 0.3 is 0 Å². The van der Waals surface area contributed by atoms with Crippen LogP contribution in [0, 0.1) is 0 Å². The maximum atomic E-state index is 6.19. The SMILES string of the molecule is CN(Cc1ccccc1Cl)C(CN)c1cnn(C)c1. The number of halogens is 1. The molecule has 0 aliphatic rings. The predicted molar refractivity (Wildman–Crippen MR) is 77.9 cm³/mol. The second-order valence-electron chi connectivity index (χ2n) is 4.71. The highest BCUT2D eigenvalue weighted by Crippen LogP contribution is 2.22. The summed E-state index contributed by atoms with van der Waals surface area (Å²) < 4.78 is 1.79. The van der Waals surface area contributed by atoms with Crippen molar-refractivity contribution >= 4 is 11.6 Å². The first-order valence-corrected chi connectivity index (χ1v) is 6.62. The van der Waals surface area contributed by atoms with E-state index in [0.29, 0.717) is 6.54 Å². The molecule has 1 aromatic carbocycles. The summed E-state index contributed by atoms with van der Waals surface area (Å²) in [6.07, 6.45) is 3.86. The maximum absolute atomic E-state index is 6.19.